The maximum absolute atomic E-state index is 13.0. The first-order valence-corrected chi connectivity index (χ1v) is 10.5. The van der Waals surface area contributed by atoms with E-state index in [0.29, 0.717) is 16.6 Å². The molecule has 0 saturated carbocycles. The van der Waals surface area contributed by atoms with Crippen LogP contribution in [0.15, 0.2) is 12.1 Å². The molecule has 1 aromatic heterocycles. The van der Waals surface area contributed by atoms with Crippen molar-refractivity contribution in [3.8, 4) is 5.75 Å². The van der Waals surface area contributed by atoms with Gasteiger partial charge >= 0.3 is 18.2 Å². The lowest BCUT2D eigenvalue weighted by atomic mass is 9.96. The minimum atomic E-state index is -0.927. The second-order valence-corrected chi connectivity index (χ2v) is 9.94. The van der Waals surface area contributed by atoms with Gasteiger partial charge in [0.25, 0.3) is 0 Å². The normalized spacial score (nSPS) is 16.4. The molecule has 1 aliphatic rings. The van der Waals surface area contributed by atoms with E-state index in [-0.39, 0.29) is 29.9 Å². The number of aromatic hydroxyl groups is 1. The molecule has 180 valence electrons. The first kappa shape index (κ1) is 24.4. The van der Waals surface area contributed by atoms with E-state index in [0.717, 1.165) is 4.57 Å². The van der Waals surface area contributed by atoms with Crippen molar-refractivity contribution in [2.75, 3.05) is 18.6 Å². The third kappa shape index (κ3) is 4.90. The van der Waals surface area contributed by atoms with Gasteiger partial charge in [-0.15, -0.1) is 0 Å². The molecule has 0 fully saturated rings. The number of β-amino-alcohol motifs (C(OH)–C–C–N with tert-alkyl or cyclic N) is 1. The van der Waals surface area contributed by atoms with Crippen molar-refractivity contribution in [2.24, 2.45) is 0 Å². The van der Waals surface area contributed by atoms with E-state index in [4.69, 9.17) is 14.2 Å². The average molecular weight is 462 g/mol. The number of carbonyl (C=O) groups excluding carboxylic acids is 3. The number of rotatable bonds is 1. The quantitative estimate of drug-likeness (QED) is 0.486. The molecule has 0 saturated heterocycles. The van der Waals surface area contributed by atoms with E-state index in [1.54, 1.807) is 41.5 Å². The van der Waals surface area contributed by atoms with Crippen LogP contribution < -0.4 is 4.90 Å². The minimum Gasteiger partial charge on any atom is -0.506 e. The zero-order valence-corrected chi connectivity index (χ0v) is 19.9. The second-order valence-electron chi connectivity index (χ2n) is 9.94. The molecule has 2 N–H and O–H groups in total. The van der Waals surface area contributed by atoms with Crippen molar-refractivity contribution >= 4 is 34.7 Å². The number of benzene rings is 1. The van der Waals surface area contributed by atoms with Gasteiger partial charge in [0.2, 0.25) is 0 Å². The standard InChI is InChI=1S/C23H30N2O8/c1-22(2,3)32-20(29)24-11-12(26)8-13-14-9-16(19(28)31-7)25(21(30)33-23(4,5)6)18(14)17(27)10-15(13)24/h9-10,12,26-27H,8,11H2,1-7H3/t12-/m0/s1. The van der Waals surface area contributed by atoms with Crippen molar-refractivity contribution in [1.82, 2.24) is 4.57 Å². The van der Waals surface area contributed by atoms with Crippen LogP contribution in [0.4, 0.5) is 15.3 Å². The Morgan fingerprint density at radius 2 is 1.58 bits per heavy atom. The van der Waals surface area contributed by atoms with Gasteiger partial charge in [-0.05, 0) is 53.2 Å². The maximum Gasteiger partial charge on any atom is 0.419 e. The van der Waals surface area contributed by atoms with Crippen molar-refractivity contribution in [2.45, 2.75) is 65.3 Å². The van der Waals surface area contributed by atoms with Gasteiger partial charge in [-0.1, -0.05) is 0 Å². The molecule has 2 heterocycles. The lowest BCUT2D eigenvalue weighted by Gasteiger charge is -2.34. The van der Waals surface area contributed by atoms with E-state index in [2.05, 4.69) is 0 Å². The number of nitrogens with zero attached hydrogens (tertiary/aromatic N) is 2. The zero-order valence-electron chi connectivity index (χ0n) is 19.9. The molecule has 2 aromatic rings. The van der Waals surface area contributed by atoms with E-state index in [9.17, 15) is 24.6 Å². The Labute approximate surface area is 191 Å². The number of phenols is 1. The van der Waals surface area contributed by atoms with Gasteiger partial charge in [0.05, 0.1) is 25.4 Å². The van der Waals surface area contributed by atoms with Crippen LogP contribution in [0.25, 0.3) is 10.9 Å². The number of hydrogen-bond acceptors (Lipinski definition) is 8. The Bertz CT molecular complexity index is 1120. The fourth-order valence-electron chi connectivity index (χ4n) is 3.72. The summed E-state index contributed by atoms with van der Waals surface area (Å²) in [7, 11) is 1.17. The molecular weight excluding hydrogens is 432 g/mol. The van der Waals surface area contributed by atoms with Gasteiger partial charge in [0.1, 0.15) is 28.2 Å². The second kappa shape index (κ2) is 8.26. The molecule has 1 amide bonds. The van der Waals surface area contributed by atoms with Gasteiger partial charge in [0.15, 0.2) is 0 Å². The highest BCUT2D eigenvalue weighted by atomic mass is 16.6. The molecular formula is C23H30N2O8. The summed E-state index contributed by atoms with van der Waals surface area (Å²) in [4.78, 5) is 39.5. The van der Waals surface area contributed by atoms with Crippen molar-refractivity contribution in [3.05, 3.63) is 23.4 Å². The lowest BCUT2D eigenvalue weighted by Crippen LogP contribution is -2.45. The molecule has 3 rings (SSSR count). The first-order chi connectivity index (χ1) is 15.1. The number of esters is 1. The number of aliphatic hydroxyl groups excluding tert-OH is 1. The maximum atomic E-state index is 13.0. The number of aliphatic hydroxyl groups is 1. The van der Waals surface area contributed by atoms with Gasteiger partial charge in [-0.3, -0.25) is 4.90 Å². The Morgan fingerprint density at radius 3 is 2.12 bits per heavy atom. The summed E-state index contributed by atoms with van der Waals surface area (Å²) in [6.07, 6.45) is -2.37. The molecule has 0 unspecified atom stereocenters. The fraction of sp³-hybridized carbons (Fsp3) is 0.522. The van der Waals surface area contributed by atoms with Gasteiger partial charge < -0.3 is 24.4 Å². The van der Waals surface area contributed by atoms with Gasteiger partial charge in [-0.2, -0.15) is 0 Å². The summed E-state index contributed by atoms with van der Waals surface area (Å²) < 4.78 is 16.7. The molecule has 0 bridgehead atoms. The Hall–Kier alpha value is -3.27. The first-order valence-electron chi connectivity index (χ1n) is 10.5. The van der Waals surface area contributed by atoms with E-state index < -0.39 is 35.5 Å². The number of methoxy groups -OCH3 is 1. The van der Waals surface area contributed by atoms with Crippen LogP contribution >= 0.6 is 0 Å². The molecule has 33 heavy (non-hydrogen) atoms. The van der Waals surface area contributed by atoms with Gasteiger partial charge in [0, 0.05) is 17.9 Å². The zero-order chi connectivity index (χ0) is 24.9. The molecule has 0 spiro atoms. The van der Waals surface area contributed by atoms with Crippen LogP contribution in [0.5, 0.6) is 5.75 Å². The van der Waals surface area contributed by atoms with E-state index in [1.165, 1.54) is 24.1 Å². The van der Waals surface area contributed by atoms with Crippen LogP contribution in [0.3, 0.4) is 0 Å². The molecule has 1 atom stereocenters. The van der Waals surface area contributed by atoms with Crippen LogP contribution in [0, 0.1) is 0 Å². The number of fused-ring (bicyclic) bond motifs is 3. The molecule has 1 aromatic carbocycles. The largest absolute Gasteiger partial charge is 0.506 e. The molecule has 0 aliphatic carbocycles. The predicted molar refractivity (Wildman–Crippen MR) is 120 cm³/mol. The summed E-state index contributed by atoms with van der Waals surface area (Å²) in [6.45, 7) is 10.1. The van der Waals surface area contributed by atoms with E-state index in [1.807, 2.05) is 0 Å². The lowest BCUT2D eigenvalue weighted by molar-refractivity contribution is 0.0489. The monoisotopic (exact) mass is 462 g/mol. The molecule has 0 radical (unpaired) electrons. The third-order valence-corrected chi connectivity index (χ3v) is 4.86. The highest BCUT2D eigenvalue weighted by Gasteiger charge is 2.35. The van der Waals surface area contributed by atoms with Crippen molar-refractivity contribution < 1.29 is 38.8 Å². The highest BCUT2D eigenvalue weighted by molar-refractivity contribution is 6.07. The molecule has 10 nitrogen and oxygen atoms in total. The Kier molecular flexibility index (Phi) is 6.10. The van der Waals surface area contributed by atoms with Crippen LogP contribution in [0.2, 0.25) is 0 Å². The predicted octanol–water partition coefficient (Wildman–Crippen LogP) is 3.58. The van der Waals surface area contributed by atoms with E-state index >= 15 is 0 Å². The summed E-state index contributed by atoms with van der Waals surface area (Å²) in [6, 6.07) is 2.70. The Balaban J connectivity index is 2.26. The Morgan fingerprint density at radius 1 is 1.00 bits per heavy atom. The minimum absolute atomic E-state index is 0.0154. The fourth-order valence-corrected chi connectivity index (χ4v) is 3.72. The number of phenolic OH excluding ortho intramolecular Hbond substituents is 1. The number of carbonyl (C=O) groups is 3. The van der Waals surface area contributed by atoms with Gasteiger partial charge in [-0.25, -0.2) is 19.0 Å². The topological polar surface area (TPSA) is 128 Å². The van der Waals surface area contributed by atoms with Crippen molar-refractivity contribution in [1.29, 1.82) is 0 Å². The smallest absolute Gasteiger partial charge is 0.419 e. The number of amides is 1. The molecule has 1 aliphatic heterocycles. The number of aromatic nitrogens is 1. The average Bonchev–Trinajstić information content (AvgIpc) is 3.06. The van der Waals surface area contributed by atoms with Crippen LogP contribution in [-0.2, 0) is 20.6 Å². The number of ether oxygens (including phenoxy) is 3. The summed E-state index contributed by atoms with van der Waals surface area (Å²) in [5.41, 5.74) is -0.994. The number of anilines is 1. The third-order valence-electron chi connectivity index (χ3n) is 4.86. The number of hydrogen-bond donors (Lipinski definition) is 2. The van der Waals surface area contributed by atoms with Crippen molar-refractivity contribution in [3.63, 3.8) is 0 Å². The molecule has 10 heteroatoms. The highest BCUT2D eigenvalue weighted by Crippen LogP contribution is 2.41. The summed E-state index contributed by atoms with van der Waals surface area (Å²) >= 11 is 0. The summed E-state index contributed by atoms with van der Waals surface area (Å²) in [5, 5.41) is 21.7. The summed E-state index contributed by atoms with van der Waals surface area (Å²) in [5.74, 6) is -1.17. The van der Waals surface area contributed by atoms with Crippen LogP contribution in [0.1, 0.15) is 57.6 Å². The van der Waals surface area contributed by atoms with Crippen LogP contribution in [-0.4, -0.2) is 63.9 Å². The SMILES string of the molecule is COC(=O)c1cc2c3c(cc(O)c2n1C(=O)OC(C)(C)C)N(C(=O)OC(C)(C)C)C[C@@H](O)C3.